The first-order valence-corrected chi connectivity index (χ1v) is 9.68. The van der Waals surface area contributed by atoms with Gasteiger partial charge in [0.2, 0.25) is 0 Å². The molecule has 0 bridgehead atoms. The highest BCUT2D eigenvalue weighted by Gasteiger charge is 2.48. The first-order chi connectivity index (χ1) is 12.3. The SMILES string of the molecule is CC1(C)CB(c2cccc3c(=O)cc(N4CCOCC4)oc23)CC1(C)C. The topological polar surface area (TPSA) is 42.7 Å². The van der Waals surface area contributed by atoms with E-state index in [2.05, 4.69) is 38.7 Å². The molecule has 0 radical (unpaired) electrons. The van der Waals surface area contributed by atoms with Crippen molar-refractivity contribution in [2.24, 2.45) is 10.8 Å². The minimum atomic E-state index is 0.0473. The monoisotopic (exact) mass is 353 g/mol. The first kappa shape index (κ1) is 17.7. The minimum absolute atomic E-state index is 0.0473. The van der Waals surface area contributed by atoms with Crippen molar-refractivity contribution in [2.45, 2.75) is 40.3 Å². The standard InChI is InChI=1S/C21H28BNO3/c1-20(2)13-22(14-21(20,3)4)16-7-5-6-15-17(24)12-18(26-19(15)16)23-8-10-25-11-9-23/h5-7,12H,8-11,13-14H2,1-4H3. The van der Waals surface area contributed by atoms with E-state index < -0.39 is 0 Å². The van der Waals surface area contributed by atoms with Crippen molar-refractivity contribution >= 4 is 29.0 Å². The van der Waals surface area contributed by atoms with Gasteiger partial charge in [0, 0.05) is 19.2 Å². The van der Waals surface area contributed by atoms with Gasteiger partial charge in [0.15, 0.2) is 18.0 Å². The molecule has 0 aliphatic carbocycles. The lowest BCUT2D eigenvalue weighted by Crippen LogP contribution is -2.37. The molecule has 0 spiro atoms. The molecule has 2 aromatic rings. The van der Waals surface area contributed by atoms with Crippen LogP contribution in [0.3, 0.4) is 0 Å². The van der Waals surface area contributed by atoms with Gasteiger partial charge in [0.25, 0.3) is 0 Å². The fourth-order valence-electron chi connectivity index (χ4n) is 4.52. The van der Waals surface area contributed by atoms with Crippen LogP contribution in [0.15, 0.2) is 33.5 Å². The normalized spacial score (nSPS) is 22.2. The summed E-state index contributed by atoms with van der Waals surface area (Å²) in [4.78, 5) is 14.9. The molecular formula is C21H28BNO3. The van der Waals surface area contributed by atoms with Crippen LogP contribution in [-0.4, -0.2) is 33.0 Å². The summed E-state index contributed by atoms with van der Waals surface area (Å²) >= 11 is 0. The third kappa shape index (κ3) is 2.86. The Bertz CT molecular complexity index is 864. The highest BCUT2D eigenvalue weighted by molar-refractivity contribution is 6.76. The molecule has 2 saturated heterocycles. The number of hydrogen-bond donors (Lipinski definition) is 0. The second-order valence-corrected chi connectivity index (χ2v) is 9.15. The van der Waals surface area contributed by atoms with Crippen molar-refractivity contribution in [2.75, 3.05) is 31.2 Å². The van der Waals surface area contributed by atoms with Gasteiger partial charge < -0.3 is 14.1 Å². The van der Waals surface area contributed by atoms with E-state index in [0.717, 1.165) is 31.3 Å². The molecule has 0 unspecified atom stereocenters. The molecule has 4 nitrogen and oxygen atoms in total. The Hall–Kier alpha value is -1.75. The highest BCUT2D eigenvalue weighted by atomic mass is 16.5. The van der Waals surface area contributed by atoms with Crippen molar-refractivity contribution in [1.29, 1.82) is 0 Å². The zero-order valence-electron chi connectivity index (χ0n) is 16.3. The third-order valence-electron chi connectivity index (χ3n) is 6.88. The number of hydrogen-bond acceptors (Lipinski definition) is 4. The van der Waals surface area contributed by atoms with Crippen LogP contribution >= 0.6 is 0 Å². The summed E-state index contributed by atoms with van der Waals surface area (Å²) in [6, 6.07) is 7.68. The lowest BCUT2D eigenvalue weighted by atomic mass is 9.42. The predicted molar refractivity (Wildman–Crippen MR) is 108 cm³/mol. The number of fused-ring (bicyclic) bond motifs is 1. The molecular weight excluding hydrogens is 325 g/mol. The van der Waals surface area contributed by atoms with Crippen LogP contribution in [0.2, 0.25) is 12.6 Å². The molecule has 26 heavy (non-hydrogen) atoms. The van der Waals surface area contributed by atoms with Gasteiger partial charge in [-0.1, -0.05) is 52.5 Å². The van der Waals surface area contributed by atoms with E-state index in [-0.39, 0.29) is 16.3 Å². The zero-order chi connectivity index (χ0) is 18.5. The predicted octanol–water partition coefficient (Wildman–Crippen LogP) is 3.40. The summed E-state index contributed by atoms with van der Waals surface area (Å²) < 4.78 is 11.8. The molecule has 2 fully saturated rings. The molecule has 3 heterocycles. The summed E-state index contributed by atoms with van der Waals surface area (Å²) in [6.45, 7) is 12.7. The number of benzene rings is 1. The van der Waals surface area contributed by atoms with Crippen molar-refractivity contribution < 1.29 is 9.15 Å². The van der Waals surface area contributed by atoms with Crippen molar-refractivity contribution in [1.82, 2.24) is 0 Å². The molecule has 1 aromatic heterocycles. The Morgan fingerprint density at radius 1 is 1.04 bits per heavy atom. The maximum absolute atomic E-state index is 12.7. The van der Waals surface area contributed by atoms with Crippen LogP contribution in [0, 0.1) is 10.8 Å². The molecule has 0 atom stereocenters. The Kier molecular flexibility index (Phi) is 4.18. The quantitative estimate of drug-likeness (QED) is 0.776. The van der Waals surface area contributed by atoms with Gasteiger partial charge >= 0.3 is 0 Å². The van der Waals surface area contributed by atoms with Crippen molar-refractivity contribution in [3.05, 3.63) is 34.5 Å². The largest absolute Gasteiger partial charge is 0.441 e. The van der Waals surface area contributed by atoms with Gasteiger partial charge in [0.05, 0.1) is 18.6 Å². The molecule has 1 aromatic carbocycles. The summed E-state index contributed by atoms with van der Waals surface area (Å²) in [5.74, 6) is 0.676. The van der Waals surface area contributed by atoms with E-state index in [1.807, 2.05) is 12.1 Å². The molecule has 0 saturated carbocycles. The molecule has 5 heteroatoms. The van der Waals surface area contributed by atoms with Crippen LogP contribution in [0.4, 0.5) is 5.88 Å². The maximum Gasteiger partial charge on any atom is 0.200 e. The number of rotatable bonds is 2. The molecule has 2 aliphatic rings. The Morgan fingerprint density at radius 2 is 1.69 bits per heavy atom. The summed E-state index contributed by atoms with van der Waals surface area (Å²) in [6.07, 6.45) is 2.23. The highest BCUT2D eigenvalue weighted by Crippen LogP contribution is 2.52. The van der Waals surface area contributed by atoms with E-state index >= 15 is 0 Å². The van der Waals surface area contributed by atoms with Gasteiger partial charge in [-0.15, -0.1) is 0 Å². The van der Waals surface area contributed by atoms with E-state index in [1.54, 1.807) is 6.07 Å². The number of anilines is 1. The van der Waals surface area contributed by atoms with Crippen molar-refractivity contribution in [3.63, 3.8) is 0 Å². The van der Waals surface area contributed by atoms with Gasteiger partial charge in [0.1, 0.15) is 5.58 Å². The fraction of sp³-hybridized carbons (Fsp3) is 0.571. The second-order valence-electron chi connectivity index (χ2n) is 9.15. The summed E-state index contributed by atoms with van der Waals surface area (Å²) in [5.41, 5.74) is 2.55. The molecule has 4 rings (SSSR count). The van der Waals surface area contributed by atoms with E-state index in [4.69, 9.17) is 9.15 Å². The molecule has 138 valence electrons. The summed E-state index contributed by atoms with van der Waals surface area (Å²) in [7, 11) is 0. The van der Waals surface area contributed by atoms with Gasteiger partial charge in [-0.05, 0) is 22.4 Å². The second kappa shape index (κ2) is 6.16. The van der Waals surface area contributed by atoms with Crippen LogP contribution in [0.25, 0.3) is 11.0 Å². The first-order valence-electron chi connectivity index (χ1n) is 9.68. The van der Waals surface area contributed by atoms with E-state index in [1.165, 1.54) is 5.46 Å². The zero-order valence-corrected chi connectivity index (χ0v) is 16.3. The van der Waals surface area contributed by atoms with Gasteiger partial charge in [-0.3, -0.25) is 4.79 Å². The van der Waals surface area contributed by atoms with Crippen molar-refractivity contribution in [3.8, 4) is 0 Å². The average Bonchev–Trinajstić information content (AvgIpc) is 2.82. The lowest BCUT2D eigenvalue weighted by molar-refractivity contribution is 0.121. The lowest BCUT2D eigenvalue weighted by Gasteiger charge is -2.35. The van der Waals surface area contributed by atoms with E-state index in [9.17, 15) is 4.79 Å². The molecule has 0 N–H and O–H groups in total. The Morgan fingerprint density at radius 3 is 2.35 bits per heavy atom. The smallest absolute Gasteiger partial charge is 0.200 e. The molecule has 2 aliphatic heterocycles. The maximum atomic E-state index is 12.7. The van der Waals surface area contributed by atoms with Crippen LogP contribution < -0.4 is 15.8 Å². The third-order valence-corrected chi connectivity index (χ3v) is 6.88. The summed E-state index contributed by atoms with van der Waals surface area (Å²) in [5, 5.41) is 0.696. The fourth-order valence-corrected chi connectivity index (χ4v) is 4.52. The van der Waals surface area contributed by atoms with Crippen LogP contribution in [0.1, 0.15) is 27.7 Å². The van der Waals surface area contributed by atoms with E-state index in [0.29, 0.717) is 31.2 Å². The average molecular weight is 353 g/mol. The minimum Gasteiger partial charge on any atom is -0.441 e. The Balaban J connectivity index is 1.81. The number of ether oxygens (including phenoxy) is 1. The van der Waals surface area contributed by atoms with Gasteiger partial charge in [-0.2, -0.15) is 0 Å². The molecule has 0 amide bonds. The number of para-hydroxylation sites is 1. The van der Waals surface area contributed by atoms with Gasteiger partial charge in [-0.25, -0.2) is 0 Å². The number of nitrogens with zero attached hydrogens (tertiary/aromatic N) is 1. The number of morpholine rings is 1. The van der Waals surface area contributed by atoms with Crippen LogP contribution in [-0.2, 0) is 4.74 Å². The Labute approximate surface area is 155 Å². The van der Waals surface area contributed by atoms with Crippen LogP contribution in [0.5, 0.6) is 0 Å².